The van der Waals surface area contributed by atoms with Gasteiger partial charge in [-0.15, -0.1) is 0 Å². The van der Waals surface area contributed by atoms with Gasteiger partial charge in [0.05, 0.1) is 0 Å². The van der Waals surface area contributed by atoms with E-state index in [-0.39, 0.29) is 0 Å². The van der Waals surface area contributed by atoms with E-state index >= 15 is 0 Å². The molecule has 2 aliphatic carbocycles. The van der Waals surface area contributed by atoms with E-state index < -0.39 is 0 Å². The second-order valence-electron chi connectivity index (χ2n) is 5.30. The Bertz CT molecular complexity index is 215. The molecule has 1 amide bonds. The van der Waals surface area contributed by atoms with E-state index in [1.54, 1.807) is 0 Å². The molecule has 0 bridgehead atoms. The minimum atomic E-state index is 0.397. The van der Waals surface area contributed by atoms with Crippen LogP contribution in [0.2, 0.25) is 0 Å². The van der Waals surface area contributed by atoms with Gasteiger partial charge in [-0.3, -0.25) is 4.79 Å². The molecule has 0 saturated heterocycles. The van der Waals surface area contributed by atoms with Gasteiger partial charge in [0.15, 0.2) is 0 Å². The molecule has 2 rings (SSSR count). The first-order valence-electron chi connectivity index (χ1n) is 6.53. The van der Waals surface area contributed by atoms with E-state index in [2.05, 4.69) is 0 Å². The van der Waals surface area contributed by atoms with Gasteiger partial charge in [0.2, 0.25) is 5.91 Å². The smallest absolute Gasteiger partial charge is 0.222 e. The highest BCUT2D eigenvalue weighted by atomic mass is 16.2. The first-order chi connectivity index (χ1) is 7.27. The normalized spacial score (nSPS) is 23.5. The fourth-order valence-electron chi connectivity index (χ4n) is 3.10. The third-order valence-corrected chi connectivity index (χ3v) is 4.20. The standard InChI is InChI=1S/C13H23NO/c1-14(12-8-4-5-9-12)13(15)10-11-6-2-3-7-11/h11-12H,2-10H2,1H3. The lowest BCUT2D eigenvalue weighted by molar-refractivity contribution is -0.132. The van der Waals surface area contributed by atoms with Crippen molar-refractivity contribution in [2.45, 2.75) is 63.8 Å². The first-order valence-corrected chi connectivity index (χ1v) is 6.53. The Morgan fingerprint density at radius 1 is 1.07 bits per heavy atom. The number of rotatable bonds is 3. The maximum absolute atomic E-state index is 12.0. The Morgan fingerprint density at radius 2 is 1.60 bits per heavy atom. The SMILES string of the molecule is CN(C(=O)CC1CCCC1)C1CCCC1. The van der Waals surface area contributed by atoms with Crippen LogP contribution in [0.25, 0.3) is 0 Å². The molecule has 2 aliphatic rings. The Kier molecular flexibility index (Phi) is 3.66. The average molecular weight is 209 g/mol. The molecule has 2 saturated carbocycles. The van der Waals surface area contributed by atoms with Crippen molar-refractivity contribution in [3.63, 3.8) is 0 Å². The van der Waals surface area contributed by atoms with Crippen LogP contribution in [0.15, 0.2) is 0 Å². The van der Waals surface area contributed by atoms with Crippen LogP contribution in [0.3, 0.4) is 0 Å². The zero-order valence-electron chi connectivity index (χ0n) is 9.87. The van der Waals surface area contributed by atoms with Crippen LogP contribution in [0.1, 0.15) is 57.8 Å². The fourth-order valence-corrected chi connectivity index (χ4v) is 3.10. The number of nitrogens with zero attached hydrogens (tertiary/aromatic N) is 1. The van der Waals surface area contributed by atoms with E-state index in [0.29, 0.717) is 17.9 Å². The van der Waals surface area contributed by atoms with Crippen molar-refractivity contribution in [3.8, 4) is 0 Å². The Balaban J connectivity index is 1.78. The van der Waals surface area contributed by atoms with Crippen LogP contribution < -0.4 is 0 Å². The van der Waals surface area contributed by atoms with Crippen LogP contribution in [-0.4, -0.2) is 23.9 Å². The molecule has 0 N–H and O–H groups in total. The van der Waals surface area contributed by atoms with Crippen molar-refractivity contribution in [2.24, 2.45) is 5.92 Å². The summed E-state index contributed by atoms with van der Waals surface area (Å²) in [7, 11) is 2.01. The molecule has 15 heavy (non-hydrogen) atoms. The van der Waals surface area contributed by atoms with E-state index in [1.807, 2.05) is 11.9 Å². The molecule has 2 fully saturated rings. The molecule has 0 spiro atoms. The van der Waals surface area contributed by atoms with Crippen molar-refractivity contribution in [2.75, 3.05) is 7.05 Å². The van der Waals surface area contributed by atoms with E-state index in [1.165, 1.54) is 51.4 Å². The van der Waals surface area contributed by atoms with Gasteiger partial charge in [0.1, 0.15) is 0 Å². The summed E-state index contributed by atoms with van der Waals surface area (Å²) in [6, 6.07) is 0.555. The molecule has 0 radical (unpaired) electrons. The minimum Gasteiger partial charge on any atom is -0.343 e. The highest BCUT2D eigenvalue weighted by molar-refractivity contribution is 5.76. The Morgan fingerprint density at radius 3 is 2.20 bits per heavy atom. The lowest BCUT2D eigenvalue weighted by Crippen LogP contribution is -2.35. The van der Waals surface area contributed by atoms with Gasteiger partial charge in [0.25, 0.3) is 0 Å². The quantitative estimate of drug-likeness (QED) is 0.699. The number of carbonyl (C=O) groups is 1. The molecule has 0 aromatic rings. The van der Waals surface area contributed by atoms with E-state index in [0.717, 1.165) is 6.42 Å². The first kappa shape index (κ1) is 11.0. The minimum absolute atomic E-state index is 0.397. The molecule has 0 heterocycles. The van der Waals surface area contributed by atoms with Crippen molar-refractivity contribution >= 4 is 5.91 Å². The largest absolute Gasteiger partial charge is 0.343 e. The average Bonchev–Trinajstić information content (AvgIpc) is 2.88. The monoisotopic (exact) mass is 209 g/mol. The maximum Gasteiger partial charge on any atom is 0.222 e. The van der Waals surface area contributed by atoms with Gasteiger partial charge in [0, 0.05) is 19.5 Å². The molecule has 2 nitrogen and oxygen atoms in total. The number of hydrogen-bond acceptors (Lipinski definition) is 1. The van der Waals surface area contributed by atoms with Gasteiger partial charge in [-0.1, -0.05) is 25.7 Å². The van der Waals surface area contributed by atoms with Gasteiger partial charge >= 0.3 is 0 Å². The Hall–Kier alpha value is -0.530. The summed E-state index contributed by atoms with van der Waals surface area (Å²) in [6.07, 6.45) is 11.1. The zero-order chi connectivity index (χ0) is 10.7. The van der Waals surface area contributed by atoms with Crippen LogP contribution in [0.4, 0.5) is 0 Å². The summed E-state index contributed by atoms with van der Waals surface area (Å²) in [6.45, 7) is 0. The molecular weight excluding hydrogens is 186 g/mol. The van der Waals surface area contributed by atoms with Crippen LogP contribution in [-0.2, 0) is 4.79 Å². The van der Waals surface area contributed by atoms with Crippen molar-refractivity contribution < 1.29 is 4.79 Å². The van der Waals surface area contributed by atoms with E-state index in [4.69, 9.17) is 0 Å². The molecule has 0 aromatic heterocycles. The lowest BCUT2D eigenvalue weighted by atomic mass is 10.0. The summed E-state index contributed by atoms with van der Waals surface area (Å²) in [4.78, 5) is 14.0. The van der Waals surface area contributed by atoms with Crippen molar-refractivity contribution in [1.82, 2.24) is 4.90 Å². The molecule has 86 valence electrons. The Labute approximate surface area is 93.0 Å². The van der Waals surface area contributed by atoms with Gasteiger partial charge in [-0.05, 0) is 31.6 Å². The maximum atomic E-state index is 12.0. The summed E-state index contributed by atoms with van der Waals surface area (Å²) < 4.78 is 0. The predicted molar refractivity (Wildman–Crippen MR) is 61.6 cm³/mol. The lowest BCUT2D eigenvalue weighted by Gasteiger charge is -2.25. The highest BCUT2D eigenvalue weighted by Crippen LogP contribution is 2.29. The number of amides is 1. The number of carbonyl (C=O) groups excluding carboxylic acids is 1. The van der Waals surface area contributed by atoms with Gasteiger partial charge < -0.3 is 4.90 Å². The summed E-state index contributed by atoms with van der Waals surface area (Å²) in [5, 5.41) is 0. The van der Waals surface area contributed by atoms with Crippen LogP contribution >= 0.6 is 0 Å². The second-order valence-corrected chi connectivity index (χ2v) is 5.30. The highest BCUT2D eigenvalue weighted by Gasteiger charge is 2.26. The molecular formula is C13H23NO. The van der Waals surface area contributed by atoms with Gasteiger partial charge in [-0.25, -0.2) is 0 Å². The fraction of sp³-hybridized carbons (Fsp3) is 0.923. The third-order valence-electron chi connectivity index (χ3n) is 4.20. The van der Waals surface area contributed by atoms with Gasteiger partial charge in [-0.2, -0.15) is 0 Å². The van der Waals surface area contributed by atoms with E-state index in [9.17, 15) is 4.79 Å². The van der Waals surface area contributed by atoms with Crippen LogP contribution in [0, 0.1) is 5.92 Å². The third kappa shape index (κ3) is 2.73. The topological polar surface area (TPSA) is 20.3 Å². The second kappa shape index (κ2) is 5.00. The van der Waals surface area contributed by atoms with Crippen molar-refractivity contribution in [3.05, 3.63) is 0 Å². The summed E-state index contributed by atoms with van der Waals surface area (Å²) in [5.41, 5.74) is 0. The molecule has 0 unspecified atom stereocenters. The molecule has 2 heteroatoms. The predicted octanol–water partition coefficient (Wildman–Crippen LogP) is 2.97. The molecule has 0 aliphatic heterocycles. The molecule has 0 aromatic carbocycles. The summed E-state index contributed by atoms with van der Waals surface area (Å²) in [5.74, 6) is 1.09. The number of hydrogen-bond donors (Lipinski definition) is 0. The van der Waals surface area contributed by atoms with Crippen molar-refractivity contribution in [1.29, 1.82) is 0 Å². The summed E-state index contributed by atoms with van der Waals surface area (Å²) >= 11 is 0. The van der Waals surface area contributed by atoms with Crippen LogP contribution in [0.5, 0.6) is 0 Å². The zero-order valence-corrected chi connectivity index (χ0v) is 9.87. The molecule has 0 atom stereocenters.